The second kappa shape index (κ2) is 4.89. The highest BCUT2D eigenvalue weighted by molar-refractivity contribution is 7.80. The zero-order valence-electron chi connectivity index (χ0n) is 8.93. The summed E-state index contributed by atoms with van der Waals surface area (Å²) in [5.74, 6) is -0.675. The Morgan fingerprint density at radius 3 is 2.56 bits per heavy atom. The van der Waals surface area contributed by atoms with Crippen LogP contribution in [0.15, 0.2) is 12.1 Å². The first-order valence-corrected chi connectivity index (χ1v) is 4.95. The number of hydrogen-bond acceptors (Lipinski definition) is 2. The van der Waals surface area contributed by atoms with Crippen LogP contribution in [0.4, 0.5) is 15.8 Å². The lowest BCUT2D eigenvalue weighted by Gasteiger charge is -2.14. The highest BCUT2D eigenvalue weighted by atomic mass is 32.1. The fraction of sp³-hybridized carbons (Fsp3) is 0.200. The van der Waals surface area contributed by atoms with Crippen LogP contribution in [0.5, 0.6) is 0 Å². The molecular weight excluding hydrogens is 229 g/mol. The molecule has 0 bridgehead atoms. The van der Waals surface area contributed by atoms with Crippen molar-refractivity contribution in [1.82, 2.24) is 0 Å². The van der Waals surface area contributed by atoms with E-state index in [1.165, 1.54) is 19.1 Å². The molecule has 0 saturated carbocycles. The molecule has 1 aromatic carbocycles. The van der Waals surface area contributed by atoms with Crippen LogP contribution in [0.2, 0.25) is 0 Å². The molecule has 4 nitrogen and oxygen atoms in total. The summed E-state index contributed by atoms with van der Waals surface area (Å²) < 4.78 is 13.2. The average molecular weight is 241 g/mol. The summed E-state index contributed by atoms with van der Waals surface area (Å²) in [6.07, 6.45) is 0. The van der Waals surface area contributed by atoms with Gasteiger partial charge in [-0.05, 0) is 36.8 Å². The third-order valence-corrected chi connectivity index (χ3v) is 1.96. The zero-order valence-corrected chi connectivity index (χ0v) is 9.74. The number of benzene rings is 1. The number of thiocarbonyl (C=S) groups is 1. The minimum absolute atomic E-state index is 0.0107. The van der Waals surface area contributed by atoms with Gasteiger partial charge in [0.2, 0.25) is 5.91 Å². The molecule has 16 heavy (non-hydrogen) atoms. The Kier molecular flexibility index (Phi) is 3.78. The van der Waals surface area contributed by atoms with Crippen LogP contribution in [-0.2, 0) is 4.79 Å². The maximum absolute atomic E-state index is 13.2. The molecule has 1 amide bonds. The van der Waals surface area contributed by atoms with E-state index in [1.807, 2.05) is 0 Å². The molecule has 0 atom stereocenters. The molecule has 86 valence electrons. The lowest BCUT2D eigenvalue weighted by Crippen LogP contribution is -2.21. The number of hydrogen-bond donors (Lipinski definition) is 3. The summed E-state index contributed by atoms with van der Waals surface area (Å²) >= 11 is 4.67. The number of nitrogens with one attached hydrogen (secondary N) is 2. The van der Waals surface area contributed by atoms with Crippen molar-refractivity contribution in [2.75, 3.05) is 10.6 Å². The number of anilines is 2. The van der Waals surface area contributed by atoms with Crippen LogP contribution >= 0.6 is 12.2 Å². The van der Waals surface area contributed by atoms with Crippen LogP contribution in [0.1, 0.15) is 12.5 Å². The number of carbonyl (C=O) groups excluding carboxylic acids is 1. The maximum atomic E-state index is 13.2. The molecule has 0 radical (unpaired) electrons. The predicted molar refractivity (Wildman–Crippen MR) is 65.8 cm³/mol. The molecule has 0 aromatic heterocycles. The third kappa shape index (κ3) is 3.16. The fourth-order valence-electron chi connectivity index (χ4n) is 1.32. The lowest BCUT2D eigenvalue weighted by atomic mass is 10.1. The first kappa shape index (κ1) is 12.4. The van der Waals surface area contributed by atoms with E-state index in [0.717, 1.165) is 0 Å². The van der Waals surface area contributed by atoms with Crippen LogP contribution in [0.3, 0.4) is 0 Å². The largest absolute Gasteiger partial charge is 0.376 e. The van der Waals surface area contributed by atoms with Gasteiger partial charge in [0.1, 0.15) is 5.82 Å². The van der Waals surface area contributed by atoms with Gasteiger partial charge in [-0.1, -0.05) is 0 Å². The summed E-state index contributed by atoms with van der Waals surface area (Å²) in [6, 6.07) is 2.54. The van der Waals surface area contributed by atoms with E-state index in [4.69, 9.17) is 5.73 Å². The number of nitrogens with two attached hydrogens (primary N) is 1. The minimum Gasteiger partial charge on any atom is -0.376 e. The van der Waals surface area contributed by atoms with Gasteiger partial charge in [-0.25, -0.2) is 4.39 Å². The van der Waals surface area contributed by atoms with E-state index in [0.29, 0.717) is 16.9 Å². The van der Waals surface area contributed by atoms with Crippen molar-refractivity contribution in [2.45, 2.75) is 13.8 Å². The second-order valence-corrected chi connectivity index (χ2v) is 3.76. The molecule has 0 aliphatic carbocycles. The Balaban J connectivity index is 3.20. The Morgan fingerprint density at radius 1 is 1.44 bits per heavy atom. The van der Waals surface area contributed by atoms with Gasteiger partial charge in [0, 0.05) is 6.92 Å². The fourth-order valence-corrected chi connectivity index (χ4v) is 1.43. The Hall–Kier alpha value is -1.69. The minimum atomic E-state index is -0.426. The average Bonchev–Trinajstić information content (AvgIpc) is 2.09. The summed E-state index contributed by atoms with van der Waals surface area (Å²) in [5.41, 5.74) is 6.72. The molecular formula is C10H12FN3OS. The Bertz CT molecular complexity index is 448. The van der Waals surface area contributed by atoms with Gasteiger partial charge in [-0.15, -0.1) is 0 Å². The van der Waals surface area contributed by atoms with Gasteiger partial charge in [-0.2, -0.15) is 0 Å². The number of amides is 1. The van der Waals surface area contributed by atoms with Crippen molar-refractivity contribution >= 4 is 34.6 Å². The van der Waals surface area contributed by atoms with Crippen LogP contribution < -0.4 is 16.4 Å². The zero-order chi connectivity index (χ0) is 12.3. The first-order chi connectivity index (χ1) is 7.40. The standard InChI is InChI=1S/C10H12FN3OS/c1-5-3-7(11)4-8(14-10(12)16)9(5)13-6(2)15/h3-4H,1-2H3,(H,13,15)(H3,12,14,16). The third-order valence-electron chi connectivity index (χ3n) is 1.86. The van der Waals surface area contributed by atoms with E-state index in [1.54, 1.807) is 6.92 Å². The van der Waals surface area contributed by atoms with Gasteiger partial charge in [0.05, 0.1) is 11.4 Å². The highest BCUT2D eigenvalue weighted by Crippen LogP contribution is 2.27. The van der Waals surface area contributed by atoms with Crippen LogP contribution in [0, 0.1) is 12.7 Å². The van der Waals surface area contributed by atoms with Gasteiger partial charge >= 0.3 is 0 Å². The monoisotopic (exact) mass is 241 g/mol. The van der Waals surface area contributed by atoms with Crippen LogP contribution in [-0.4, -0.2) is 11.0 Å². The maximum Gasteiger partial charge on any atom is 0.221 e. The molecule has 6 heteroatoms. The Morgan fingerprint density at radius 2 is 2.06 bits per heavy atom. The molecule has 0 saturated heterocycles. The van der Waals surface area contributed by atoms with Crippen LogP contribution in [0.25, 0.3) is 0 Å². The topological polar surface area (TPSA) is 67.2 Å². The van der Waals surface area contributed by atoms with Crippen molar-refractivity contribution in [2.24, 2.45) is 5.73 Å². The molecule has 0 spiro atoms. The van der Waals surface area contributed by atoms with Crippen molar-refractivity contribution in [1.29, 1.82) is 0 Å². The summed E-state index contributed by atoms with van der Waals surface area (Å²) in [7, 11) is 0. The molecule has 0 fully saturated rings. The van der Waals surface area contributed by atoms with Gasteiger partial charge in [0.25, 0.3) is 0 Å². The first-order valence-electron chi connectivity index (χ1n) is 4.54. The van der Waals surface area contributed by atoms with Gasteiger partial charge < -0.3 is 16.4 Å². The predicted octanol–water partition coefficient (Wildman–Crippen LogP) is 1.75. The number of halogens is 1. The van der Waals surface area contributed by atoms with E-state index >= 15 is 0 Å². The van der Waals surface area contributed by atoms with E-state index in [2.05, 4.69) is 22.9 Å². The summed E-state index contributed by atoms with van der Waals surface area (Å²) in [6.45, 7) is 3.05. The second-order valence-electron chi connectivity index (χ2n) is 3.32. The van der Waals surface area contributed by atoms with Crippen molar-refractivity contribution in [3.63, 3.8) is 0 Å². The molecule has 4 N–H and O–H groups in total. The molecule has 1 aromatic rings. The smallest absolute Gasteiger partial charge is 0.221 e. The Labute approximate surface area is 98.0 Å². The molecule has 1 rings (SSSR count). The van der Waals surface area contributed by atoms with Crippen molar-refractivity contribution < 1.29 is 9.18 Å². The SMILES string of the molecule is CC(=O)Nc1c(C)cc(F)cc1NC(N)=S. The van der Waals surface area contributed by atoms with E-state index in [-0.39, 0.29) is 11.0 Å². The number of carbonyl (C=O) groups is 1. The van der Waals surface area contributed by atoms with Gasteiger partial charge in [-0.3, -0.25) is 4.79 Å². The normalized spacial score (nSPS) is 9.69. The molecule has 0 aliphatic rings. The summed E-state index contributed by atoms with van der Waals surface area (Å²) in [4.78, 5) is 11.0. The molecule has 0 unspecified atom stereocenters. The summed E-state index contributed by atoms with van der Waals surface area (Å²) in [5, 5.41) is 5.22. The highest BCUT2D eigenvalue weighted by Gasteiger charge is 2.10. The number of rotatable bonds is 2. The lowest BCUT2D eigenvalue weighted by molar-refractivity contribution is -0.114. The molecule has 0 heterocycles. The van der Waals surface area contributed by atoms with Crippen molar-refractivity contribution in [3.05, 3.63) is 23.5 Å². The van der Waals surface area contributed by atoms with E-state index in [9.17, 15) is 9.18 Å². The van der Waals surface area contributed by atoms with E-state index < -0.39 is 5.82 Å². The quantitative estimate of drug-likeness (QED) is 0.690. The molecule has 0 aliphatic heterocycles. The van der Waals surface area contributed by atoms with Crippen molar-refractivity contribution in [3.8, 4) is 0 Å². The van der Waals surface area contributed by atoms with Gasteiger partial charge in [0.15, 0.2) is 5.11 Å². The number of aryl methyl sites for hydroxylation is 1.